The highest BCUT2D eigenvalue weighted by Crippen LogP contribution is 2.28. The Morgan fingerprint density at radius 3 is 2.54 bits per heavy atom. The van der Waals surface area contributed by atoms with E-state index in [9.17, 15) is 9.59 Å². The summed E-state index contributed by atoms with van der Waals surface area (Å²) in [6, 6.07) is 15.6. The highest BCUT2D eigenvalue weighted by Gasteiger charge is 2.12. The van der Waals surface area contributed by atoms with Gasteiger partial charge < -0.3 is 9.47 Å². The third-order valence-electron chi connectivity index (χ3n) is 3.80. The molecule has 142 valence electrons. The summed E-state index contributed by atoms with van der Waals surface area (Å²) in [5.41, 5.74) is 4.65. The van der Waals surface area contributed by atoms with Gasteiger partial charge in [-0.05, 0) is 54.3 Å². The monoisotopic (exact) mass is 394 g/mol. The van der Waals surface area contributed by atoms with Crippen LogP contribution < -0.4 is 14.9 Å². The molecule has 0 saturated heterocycles. The van der Waals surface area contributed by atoms with E-state index in [0.29, 0.717) is 27.5 Å². The van der Waals surface area contributed by atoms with E-state index in [4.69, 9.17) is 9.47 Å². The van der Waals surface area contributed by atoms with Gasteiger partial charge in [0.05, 0.1) is 23.8 Å². The zero-order valence-corrected chi connectivity index (χ0v) is 16.2. The minimum absolute atomic E-state index is 0.276. The molecule has 6 nitrogen and oxygen atoms in total. The molecule has 0 aliphatic carbocycles. The number of esters is 1. The van der Waals surface area contributed by atoms with Crippen LogP contribution in [0.5, 0.6) is 11.5 Å². The first-order valence-electron chi connectivity index (χ1n) is 8.40. The number of nitrogens with zero attached hydrogens (tertiary/aromatic N) is 1. The van der Waals surface area contributed by atoms with Crippen LogP contribution >= 0.6 is 11.3 Å². The minimum atomic E-state index is -0.470. The summed E-state index contributed by atoms with van der Waals surface area (Å²) in [4.78, 5) is 24.7. The Labute approximate surface area is 166 Å². The van der Waals surface area contributed by atoms with Crippen LogP contribution in [0.1, 0.15) is 31.2 Å². The summed E-state index contributed by atoms with van der Waals surface area (Å²) in [5, 5.41) is 5.76. The van der Waals surface area contributed by atoms with Crippen molar-refractivity contribution in [2.45, 2.75) is 6.92 Å². The van der Waals surface area contributed by atoms with Gasteiger partial charge in [0.15, 0.2) is 11.5 Å². The second kappa shape index (κ2) is 8.96. The fraction of sp³-hybridized carbons (Fsp3) is 0.0952. The van der Waals surface area contributed by atoms with Gasteiger partial charge in [-0.3, -0.25) is 4.79 Å². The van der Waals surface area contributed by atoms with Crippen LogP contribution in [0.2, 0.25) is 0 Å². The molecule has 0 radical (unpaired) electrons. The van der Waals surface area contributed by atoms with Gasteiger partial charge in [0, 0.05) is 0 Å². The molecule has 0 bridgehead atoms. The zero-order chi connectivity index (χ0) is 19.9. The standard InChI is InChI=1S/C21H18N2O4S/c1-14-5-8-16(9-6-14)21(25)27-17-10-7-15(12-18(17)26-2)13-22-23-20(24)19-4-3-11-28-19/h3-13H,1-2H3,(H,23,24). The summed E-state index contributed by atoms with van der Waals surface area (Å²) < 4.78 is 10.7. The molecule has 3 rings (SSSR count). The van der Waals surface area contributed by atoms with Crippen molar-refractivity contribution in [1.29, 1.82) is 0 Å². The quantitative estimate of drug-likeness (QED) is 0.296. The van der Waals surface area contributed by atoms with E-state index >= 15 is 0 Å². The van der Waals surface area contributed by atoms with E-state index < -0.39 is 5.97 Å². The van der Waals surface area contributed by atoms with Crippen molar-refractivity contribution in [3.8, 4) is 11.5 Å². The first-order chi connectivity index (χ1) is 13.6. The number of amides is 1. The maximum absolute atomic E-state index is 12.3. The smallest absolute Gasteiger partial charge is 0.343 e. The van der Waals surface area contributed by atoms with E-state index in [1.165, 1.54) is 24.7 Å². The maximum atomic E-state index is 12.3. The Balaban J connectivity index is 1.67. The Morgan fingerprint density at radius 2 is 1.86 bits per heavy atom. The summed E-state index contributed by atoms with van der Waals surface area (Å²) >= 11 is 1.34. The van der Waals surface area contributed by atoms with Gasteiger partial charge >= 0.3 is 5.97 Å². The van der Waals surface area contributed by atoms with Crippen molar-refractivity contribution >= 4 is 29.4 Å². The molecule has 0 fully saturated rings. The van der Waals surface area contributed by atoms with Gasteiger partial charge in [-0.15, -0.1) is 11.3 Å². The van der Waals surface area contributed by atoms with E-state index in [0.717, 1.165) is 5.56 Å². The molecule has 0 atom stereocenters. The largest absolute Gasteiger partial charge is 0.493 e. The Kier molecular flexibility index (Phi) is 6.18. The Bertz CT molecular complexity index is 996. The van der Waals surface area contributed by atoms with E-state index in [1.807, 2.05) is 24.4 Å². The first kappa shape index (κ1) is 19.3. The van der Waals surface area contributed by atoms with Crippen LogP contribution in [0.25, 0.3) is 0 Å². The molecule has 3 aromatic rings. The third-order valence-corrected chi connectivity index (χ3v) is 4.67. The molecule has 0 aliphatic heterocycles. The number of methoxy groups -OCH3 is 1. The van der Waals surface area contributed by atoms with Crippen LogP contribution in [0.15, 0.2) is 65.1 Å². The van der Waals surface area contributed by atoms with Crippen molar-refractivity contribution in [2.75, 3.05) is 7.11 Å². The number of hydrogen-bond donors (Lipinski definition) is 1. The molecule has 1 N–H and O–H groups in total. The zero-order valence-electron chi connectivity index (χ0n) is 15.3. The number of nitrogens with one attached hydrogen (secondary N) is 1. The molecule has 2 aromatic carbocycles. The number of thiophene rings is 1. The number of ether oxygens (including phenoxy) is 2. The fourth-order valence-corrected chi connectivity index (χ4v) is 2.94. The van der Waals surface area contributed by atoms with Gasteiger partial charge in [0.25, 0.3) is 5.91 Å². The topological polar surface area (TPSA) is 77.0 Å². The number of aryl methyl sites for hydroxylation is 1. The van der Waals surface area contributed by atoms with Gasteiger partial charge in [-0.25, -0.2) is 10.2 Å². The number of hydrazone groups is 1. The number of benzene rings is 2. The maximum Gasteiger partial charge on any atom is 0.343 e. The third kappa shape index (κ3) is 4.83. The van der Waals surface area contributed by atoms with Gasteiger partial charge in [-0.1, -0.05) is 23.8 Å². The normalized spacial score (nSPS) is 10.6. The minimum Gasteiger partial charge on any atom is -0.493 e. The molecule has 0 unspecified atom stereocenters. The molecular formula is C21H18N2O4S. The van der Waals surface area contributed by atoms with E-state index in [2.05, 4.69) is 10.5 Å². The van der Waals surface area contributed by atoms with Crippen LogP contribution in [0.3, 0.4) is 0 Å². The van der Waals surface area contributed by atoms with Crippen molar-refractivity contribution in [3.05, 3.63) is 81.5 Å². The van der Waals surface area contributed by atoms with Crippen molar-refractivity contribution in [1.82, 2.24) is 5.43 Å². The van der Waals surface area contributed by atoms with Gasteiger partial charge in [-0.2, -0.15) is 5.10 Å². The lowest BCUT2D eigenvalue weighted by molar-refractivity contribution is 0.0729. The van der Waals surface area contributed by atoms with E-state index in [1.54, 1.807) is 42.5 Å². The predicted octanol–water partition coefficient (Wildman–Crippen LogP) is 4.05. The van der Waals surface area contributed by atoms with E-state index in [-0.39, 0.29) is 5.91 Å². The molecule has 1 heterocycles. The molecule has 0 saturated carbocycles. The summed E-state index contributed by atoms with van der Waals surface area (Å²) in [5.74, 6) is -0.0633. The Hall–Kier alpha value is -3.45. The van der Waals surface area contributed by atoms with Gasteiger partial charge in [0.2, 0.25) is 0 Å². The lowest BCUT2D eigenvalue weighted by Gasteiger charge is -2.10. The highest BCUT2D eigenvalue weighted by atomic mass is 32.1. The molecule has 0 aliphatic rings. The van der Waals surface area contributed by atoms with Crippen LogP contribution in [-0.2, 0) is 0 Å². The SMILES string of the molecule is COc1cc(C=NNC(=O)c2cccs2)ccc1OC(=O)c1ccc(C)cc1. The second-order valence-electron chi connectivity index (χ2n) is 5.84. The van der Waals surface area contributed by atoms with Crippen molar-refractivity contribution in [2.24, 2.45) is 5.10 Å². The lowest BCUT2D eigenvalue weighted by atomic mass is 10.1. The van der Waals surface area contributed by atoms with Crippen LogP contribution in [0.4, 0.5) is 0 Å². The van der Waals surface area contributed by atoms with Crippen molar-refractivity contribution < 1.29 is 19.1 Å². The number of carbonyl (C=O) groups is 2. The van der Waals surface area contributed by atoms with Crippen molar-refractivity contribution in [3.63, 3.8) is 0 Å². The molecule has 1 amide bonds. The number of rotatable bonds is 6. The Morgan fingerprint density at radius 1 is 1.07 bits per heavy atom. The second-order valence-corrected chi connectivity index (χ2v) is 6.79. The fourth-order valence-electron chi connectivity index (χ4n) is 2.33. The first-order valence-corrected chi connectivity index (χ1v) is 9.28. The van der Waals surface area contributed by atoms with Crippen LogP contribution in [0, 0.1) is 6.92 Å². The molecule has 7 heteroatoms. The molecule has 0 spiro atoms. The summed E-state index contributed by atoms with van der Waals surface area (Å²) in [7, 11) is 1.48. The summed E-state index contributed by atoms with van der Waals surface area (Å²) in [6.07, 6.45) is 1.49. The molecular weight excluding hydrogens is 376 g/mol. The average molecular weight is 394 g/mol. The average Bonchev–Trinajstić information content (AvgIpc) is 3.24. The van der Waals surface area contributed by atoms with Gasteiger partial charge in [0.1, 0.15) is 0 Å². The lowest BCUT2D eigenvalue weighted by Crippen LogP contribution is -2.16. The molecule has 28 heavy (non-hydrogen) atoms. The highest BCUT2D eigenvalue weighted by molar-refractivity contribution is 7.12. The summed E-state index contributed by atoms with van der Waals surface area (Å²) in [6.45, 7) is 1.95. The number of carbonyl (C=O) groups excluding carboxylic acids is 2. The predicted molar refractivity (Wildman–Crippen MR) is 109 cm³/mol. The number of hydrogen-bond acceptors (Lipinski definition) is 6. The van der Waals surface area contributed by atoms with Crippen LogP contribution in [-0.4, -0.2) is 25.2 Å². The molecule has 1 aromatic heterocycles.